The van der Waals surface area contributed by atoms with Crippen LogP contribution in [-0.4, -0.2) is 29.2 Å². The van der Waals surface area contributed by atoms with E-state index in [0.29, 0.717) is 41.4 Å². The van der Waals surface area contributed by atoms with Crippen LogP contribution < -0.4 is 5.73 Å². The highest BCUT2D eigenvalue weighted by Crippen LogP contribution is 2.68. The van der Waals surface area contributed by atoms with Gasteiger partial charge >= 0.3 is 11.9 Å². The lowest BCUT2D eigenvalue weighted by Crippen LogP contribution is -2.54. The molecule has 5 heteroatoms. The van der Waals surface area contributed by atoms with E-state index < -0.39 is 12.0 Å². The van der Waals surface area contributed by atoms with Gasteiger partial charge in [0.25, 0.3) is 0 Å². The molecule has 5 rings (SSSR count). The third-order valence-corrected chi connectivity index (χ3v) is 12.1. The van der Waals surface area contributed by atoms with E-state index in [-0.39, 0.29) is 12.1 Å². The number of esters is 1. The Morgan fingerprint density at radius 1 is 1.00 bits per heavy atom. The SMILES string of the molecule is C[C@H](CCC(=O)O)C1CCC2C3CCC4C[C@H](OC(=O)[C@@H](N)Cc5ccccc5)CC[C@]4(C)C3CC[C@@]21C. The van der Waals surface area contributed by atoms with E-state index in [1.165, 1.54) is 38.5 Å². The Balaban J connectivity index is 1.19. The summed E-state index contributed by atoms with van der Waals surface area (Å²) in [5.41, 5.74) is 8.01. The molecule has 210 valence electrons. The summed E-state index contributed by atoms with van der Waals surface area (Å²) < 4.78 is 6.02. The molecular formula is C33H49NO4. The van der Waals surface area contributed by atoms with E-state index in [1.54, 1.807) is 0 Å². The van der Waals surface area contributed by atoms with Crippen LogP contribution in [0.15, 0.2) is 30.3 Å². The molecule has 0 bridgehead atoms. The number of carboxylic acids is 1. The number of benzene rings is 1. The third kappa shape index (κ3) is 5.17. The van der Waals surface area contributed by atoms with Gasteiger partial charge in [0.2, 0.25) is 0 Å². The van der Waals surface area contributed by atoms with Crippen molar-refractivity contribution in [1.29, 1.82) is 0 Å². The predicted molar refractivity (Wildman–Crippen MR) is 149 cm³/mol. The smallest absolute Gasteiger partial charge is 0.323 e. The molecule has 10 atom stereocenters. The lowest BCUT2D eigenvalue weighted by Gasteiger charge is -2.61. The van der Waals surface area contributed by atoms with E-state index in [1.807, 2.05) is 30.3 Å². The maximum atomic E-state index is 12.8. The summed E-state index contributed by atoms with van der Waals surface area (Å²) in [6.07, 6.45) is 12.4. The number of aliphatic carboxylic acids is 1. The van der Waals surface area contributed by atoms with Crippen molar-refractivity contribution in [2.24, 2.45) is 52.1 Å². The summed E-state index contributed by atoms with van der Waals surface area (Å²) in [5.74, 6) is 3.20. The average Bonchev–Trinajstić information content (AvgIpc) is 3.25. The van der Waals surface area contributed by atoms with Crippen LogP contribution >= 0.6 is 0 Å². The van der Waals surface area contributed by atoms with Gasteiger partial charge in [-0.25, -0.2) is 0 Å². The first-order valence-corrected chi connectivity index (χ1v) is 15.3. The number of carbonyl (C=O) groups is 2. The van der Waals surface area contributed by atoms with Crippen LogP contribution in [0, 0.1) is 46.3 Å². The molecule has 4 fully saturated rings. The number of fused-ring (bicyclic) bond motifs is 5. The van der Waals surface area contributed by atoms with Gasteiger partial charge in [0.05, 0.1) is 0 Å². The van der Waals surface area contributed by atoms with Gasteiger partial charge in [-0.2, -0.15) is 0 Å². The number of carbonyl (C=O) groups excluding carboxylic acids is 1. The highest BCUT2D eigenvalue weighted by atomic mass is 16.5. The zero-order chi connectivity index (χ0) is 27.1. The molecule has 0 aliphatic heterocycles. The van der Waals surface area contributed by atoms with E-state index in [2.05, 4.69) is 20.8 Å². The van der Waals surface area contributed by atoms with Crippen molar-refractivity contribution in [3.8, 4) is 0 Å². The zero-order valence-corrected chi connectivity index (χ0v) is 23.7. The molecule has 1 aromatic carbocycles. The van der Waals surface area contributed by atoms with Gasteiger partial charge in [0.1, 0.15) is 12.1 Å². The predicted octanol–water partition coefficient (Wildman–Crippen LogP) is 6.63. The van der Waals surface area contributed by atoms with E-state index in [9.17, 15) is 14.7 Å². The maximum absolute atomic E-state index is 12.8. The topological polar surface area (TPSA) is 89.6 Å². The van der Waals surface area contributed by atoms with Crippen LogP contribution in [0.3, 0.4) is 0 Å². The van der Waals surface area contributed by atoms with Crippen molar-refractivity contribution in [3.63, 3.8) is 0 Å². The van der Waals surface area contributed by atoms with Gasteiger partial charge < -0.3 is 15.6 Å². The monoisotopic (exact) mass is 523 g/mol. The number of hydrogen-bond donors (Lipinski definition) is 2. The second kappa shape index (κ2) is 10.9. The molecule has 5 unspecified atom stereocenters. The average molecular weight is 524 g/mol. The second-order valence-corrected chi connectivity index (χ2v) is 13.9. The number of nitrogens with two attached hydrogens (primary N) is 1. The first-order chi connectivity index (χ1) is 18.1. The molecule has 3 N–H and O–H groups in total. The molecule has 0 aromatic heterocycles. The van der Waals surface area contributed by atoms with Crippen LogP contribution in [0.4, 0.5) is 0 Å². The van der Waals surface area contributed by atoms with Crippen LogP contribution in [0.5, 0.6) is 0 Å². The van der Waals surface area contributed by atoms with Gasteiger partial charge in [-0.3, -0.25) is 9.59 Å². The van der Waals surface area contributed by atoms with Crippen LogP contribution in [0.25, 0.3) is 0 Å². The summed E-state index contributed by atoms with van der Waals surface area (Å²) >= 11 is 0. The molecule has 5 nitrogen and oxygen atoms in total. The minimum atomic E-state index is -0.661. The lowest BCUT2D eigenvalue weighted by atomic mass is 9.44. The Kier molecular flexibility index (Phi) is 7.97. The van der Waals surface area contributed by atoms with Crippen molar-refractivity contribution in [3.05, 3.63) is 35.9 Å². The molecular weight excluding hydrogens is 474 g/mol. The third-order valence-electron chi connectivity index (χ3n) is 12.1. The summed E-state index contributed by atoms with van der Waals surface area (Å²) in [4.78, 5) is 24.0. The van der Waals surface area contributed by atoms with Crippen LogP contribution in [-0.2, 0) is 20.7 Å². The second-order valence-electron chi connectivity index (χ2n) is 13.9. The van der Waals surface area contributed by atoms with Crippen molar-refractivity contribution < 1.29 is 19.4 Å². The number of ether oxygens (including phenoxy) is 1. The van der Waals surface area contributed by atoms with Crippen molar-refractivity contribution in [1.82, 2.24) is 0 Å². The normalized spacial score (nSPS) is 39.8. The zero-order valence-electron chi connectivity index (χ0n) is 23.7. The molecule has 0 heterocycles. The van der Waals surface area contributed by atoms with Gasteiger partial charge in [-0.05, 0) is 123 Å². The van der Waals surface area contributed by atoms with E-state index in [4.69, 9.17) is 10.5 Å². The number of rotatable bonds is 8. The molecule has 4 aliphatic rings. The molecule has 0 amide bonds. The highest BCUT2D eigenvalue weighted by molar-refractivity contribution is 5.76. The van der Waals surface area contributed by atoms with Gasteiger partial charge in [-0.1, -0.05) is 51.1 Å². The Hall–Kier alpha value is -1.88. The largest absolute Gasteiger partial charge is 0.481 e. The minimum Gasteiger partial charge on any atom is -0.481 e. The summed E-state index contributed by atoms with van der Waals surface area (Å²) in [6.45, 7) is 7.41. The Morgan fingerprint density at radius 2 is 1.71 bits per heavy atom. The summed E-state index contributed by atoms with van der Waals surface area (Å²) in [6, 6.07) is 9.34. The molecule has 38 heavy (non-hydrogen) atoms. The molecule has 4 aliphatic carbocycles. The first-order valence-electron chi connectivity index (χ1n) is 15.3. The summed E-state index contributed by atoms with van der Waals surface area (Å²) in [7, 11) is 0. The highest BCUT2D eigenvalue weighted by Gasteiger charge is 2.60. The Morgan fingerprint density at radius 3 is 2.45 bits per heavy atom. The standard InChI is InChI=1S/C33H49NO4/c1-21(9-14-30(35)36)26-12-13-27-25-11-10-23-20-24(15-17-32(23,2)28(25)16-18-33(26,27)3)38-31(37)29(34)19-22-7-5-4-6-8-22/h4-8,21,23-29H,9-20,34H2,1-3H3,(H,35,36)/t21-,23?,24-,25?,26?,27?,28?,29+,32+,33-/m1/s1. The fraction of sp³-hybridized carbons (Fsp3) is 0.758. The molecule has 0 radical (unpaired) electrons. The van der Waals surface area contributed by atoms with Crippen LogP contribution in [0.2, 0.25) is 0 Å². The van der Waals surface area contributed by atoms with Gasteiger partial charge in [0, 0.05) is 6.42 Å². The maximum Gasteiger partial charge on any atom is 0.323 e. The number of hydrogen-bond acceptors (Lipinski definition) is 4. The lowest BCUT2D eigenvalue weighted by molar-refractivity contribution is -0.164. The van der Waals surface area contributed by atoms with Gasteiger partial charge in [0.15, 0.2) is 0 Å². The molecule has 4 saturated carbocycles. The Labute approximate surface area is 229 Å². The fourth-order valence-electron chi connectivity index (χ4n) is 10.1. The van der Waals surface area contributed by atoms with Crippen LogP contribution in [0.1, 0.15) is 97.0 Å². The van der Waals surface area contributed by atoms with Crippen molar-refractivity contribution in [2.45, 2.75) is 110 Å². The molecule has 0 spiro atoms. The molecule has 1 aromatic rings. The number of carboxylic acid groups (broad SMARTS) is 1. The van der Waals surface area contributed by atoms with E-state index in [0.717, 1.165) is 49.0 Å². The minimum absolute atomic E-state index is 0.00116. The van der Waals surface area contributed by atoms with Gasteiger partial charge in [-0.15, -0.1) is 0 Å². The summed E-state index contributed by atoms with van der Waals surface area (Å²) in [5, 5.41) is 9.21. The van der Waals surface area contributed by atoms with E-state index >= 15 is 0 Å². The molecule has 0 saturated heterocycles. The fourth-order valence-corrected chi connectivity index (χ4v) is 10.1. The van der Waals surface area contributed by atoms with Crippen molar-refractivity contribution in [2.75, 3.05) is 0 Å². The first kappa shape index (κ1) is 27.7. The van der Waals surface area contributed by atoms with Crippen molar-refractivity contribution >= 4 is 11.9 Å². The quantitative estimate of drug-likeness (QED) is 0.373. The Bertz CT molecular complexity index is 996.